The third-order valence-electron chi connectivity index (χ3n) is 4.78. The maximum atomic E-state index is 12.6. The molecule has 4 heterocycles. The number of likely N-dealkylation sites (N-methyl/N-ethyl adjacent to an activating group) is 1. The van der Waals surface area contributed by atoms with Crippen LogP contribution in [0.4, 0.5) is 5.82 Å². The second-order valence-electron chi connectivity index (χ2n) is 6.75. The van der Waals surface area contributed by atoms with E-state index in [-0.39, 0.29) is 18.0 Å². The topological polar surface area (TPSA) is 112 Å². The van der Waals surface area contributed by atoms with Gasteiger partial charge in [-0.15, -0.1) is 0 Å². The van der Waals surface area contributed by atoms with Crippen LogP contribution in [0.2, 0.25) is 0 Å². The Morgan fingerprint density at radius 2 is 2.26 bits per heavy atom. The van der Waals surface area contributed by atoms with E-state index in [9.17, 15) is 4.79 Å². The summed E-state index contributed by atoms with van der Waals surface area (Å²) in [5.41, 5.74) is 1.39. The van der Waals surface area contributed by atoms with Crippen molar-refractivity contribution < 1.29 is 9.21 Å². The molecule has 1 aliphatic rings. The Bertz CT molecular complexity index is 935. The van der Waals surface area contributed by atoms with Crippen LogP contribution >= 0.6 is 0 Å². The molecule has 1 aliphatic heterocycles. The highest BCUT2D eigenvalue weighted by molar-refractivity contribution is 5.83. The molecule has 2 atom stereocenters. The number of hydrogen-bond donors (Lipinski definition) is 3. The number of amides is 1. The number of rotatable bonds is 6. The van der Waals surface area contributed by atoms with Crippen LogP contribution in [0.25, 0.3) is 11.2 Å². The van der Waals surface area contributed by atoms with E-state index in [1.165, 1.54) is 6.33 Å². The second kappa shape index (κ2) is 7.36. The van der Waals surface area contributed by atoms with E-state index in [0.29, 0.717) is 37.5 Å². The highest BCUT2D eigenvalue weighted by atomic mass is 16.3. The fraction of sp³-hybridized carbons (Fsp3) is 0.444. The zero-order valence-electron chi connectivity index (χ0n) is 15.4. The van der Waals surface area contributed by atoms with E-state index < -0.39 is 0 Å². The summed E-state index contributed by atoms with van der Waals surface area (Å²) in [5, 5.41) is 6.38. The Hall–Kier alpha value is -2.94. The normalized spacial score (nSPS) is 20.2. The monoisotopic (exact) mass is 369 g/mol. The number of aromatic amines is 1. The van der Waals surface area contributed by atoms with Crippen molar-refractivity contribution in [2.45, 2.75) is 38.9 Å². The van der Waals surface area contributed by atoms with Crippen LogP contribution in [0.5, 0.6) is 0 Å². The lowest BCUT2D eigenvalue weighted by atomic mass is 10.1. The van der Waals surface area contributed by atoms with Gasteiger partial charge in [0.2, 0.25) is 5.91 Å². The van der Waals surface area contributed by atoms with Crippen molar-refractivity contribution in [3.8, 4) is 0 Å². The minimum Gasteiger partial charge on any atom is -0.465 e. The highest BCUT2D eigenvalue weighted by Gasteiger charge is 2.37. The zero-order chi connectivity index (χ0) is 18.8. The van der Waals surface area contributed by atoms with E-state index in [0.717, 1.165) is 17.0 Å². The number of aromatic nitrogens is 4. The van der Waals surface area contributed by atoms with Crippen LogP contribution in [-0.2, 0) is 11.3 Å². The van der Waals surface area contributed by atoms with Crippen LogP contribution in [0.15, 0.2) is 29.2 Å². The number of aryl methyl sites for hydroxylation is 1. The highest BCUT2D eigenvalue weighted by Crippen LogP contribution is 2.25. The molecule has 0 saturated carbocycles. The lowest BCUT2D eigenvalue weighted by molar-refractivity contribution is -0.125. The molecule has 0 aliphatic carbocycles. The molecular weight excluding hydrogens is 346 g/mol. The molecule has 1 fully saturated rings. The number of carbonyl (C=O) groups excluding carboxylic acids is 1. The number of likely N-dealkylation sites (tertiary alicyclic amines) is 1. The van der Waals surface area contributed by atoms with Gasteiger partial charge in [-0.05, 0) is 32.4 Å². The van der Waals surface area contributed by atoms with Crippen molar-refractivity contribution in [1.29, 1.82) is 0 Å². The number of imidazole rings is 1. The molecule has 0 radical (unpaired) electrons. The average molecular weight is 369 g/mol. The van der Waals surface area contributed by atoms with Crippen LogP contribution in [-0.4, -0.2) is 55.9 Å². The summed E-state index contributed by atoms with van der Waals surface area (Å²) in [6, 6.07) is 3.77. The molecule has 1 saturated heterocycles. The van der Waals surface area contributed by atoms with Gasteiger partial charge in [-0.1, -0.05) is 0 Å². The van der Waals surface area contributed by atoms with E-state index in [4.69, 9.17) is 4.42 Å². The summed E-state index contributed by atoms with van der Waals surface area (Å²) >= 11 is 0. The molecule has 9 nitrogen and oxygen atoms in total. The van der Waals surface area contributed by atoms with Gasteiger partial charge in [0.05, 0.1) is 18.9 Å². The molecular formula is C18H23N7O2. The summed E-state index contributed by atoms with van der Waals surface area (Å²) < 4.78 is 5.71. The van der Waals surface area contributed by atoms with Gasteiger partial charge >= 0.3 is 0 Å². The van der Waals surface area contributed by atoms with Gasteiger partial charge in [0, 0.05) is 19.1 Å². The SMILES string of the molecule is CCNC(=O)[C@@H]1C[C@H](Nc2ncnc3nc[nH]c23)CN1Cc1ccc(C)o1. The summed E-state index contributed by atoms with van der Waals surface area (Å²) in [4.78, 5) is 30.4. The van der Waals surface area contributed by atoms with E-state index in [1.807, 2.05) is 26.0 Å². The Balaban J connectivity index is 1.52. The average Bonchev–Trinajstić information content (AvgIpc) is 3.36. The van der Waals surface area contributed by atoms with Gasteiger partial charge in [0.15, 0.2) is 11.5 Å². The number of fused-ring (bicyclic) bond motifs is 1. The first-order valence-electron chi connectivity index (χ1n) is 9.11. The second-order valence-corrected chi connectivity index (χ2v) is 6.75. The number of nitrogens with zero attached hydrogens (tertiary/aromatic N) is 4. The van der Waals surface area contributed by atoms with E-state index in [1.54, 1.807) is 6.33 Å². The first kappa shape index (κ1) is 17.5. The predicted molar refractivity (Wildman–Crippen MR) is 100 cm³/mol. The van der Waals surface area contributed by atoms with Crippen molar-refractivity contribution in [3.63, 3.8) is 0 Å². The van der Waals surface area contributed by atoms with Gasteiger partial charge in [-0.3, -0.25) is 9.69 Å². The lowest BCUT2D eigenvalue weighted by Crippen LogP contribution is -2.42. The van der Waals surface area contributed by atoms with E-state index >= 15 is 0 Å². The molecule has 3 aromatic heterocycles. The van der Waals surface area contributed by atoms with Gasteiger partial charge < -0.3 is 20.0 Å². The third-order valence-corrected chi connectivity index (χ3v) is 4.78. The van der Waals surface area contributed by atoms with Crippen molar-refractivity contribution in [1.82, 2.24) is 30.2 Å². The molecule has 1 amide bonds. The largest absolute Gasteiger partial charge is 0.465 e. The Labute approximate surface area is 156 Å². The van der Waals surface area contributed by atoms with Crippen LogP contribution < -0.4 is 10.6 Å². The number of hydrogen-bond acceptors (Lipinski definition) is 7. The Kier molecular flexibility index (Phi) is 4.76. The number of carbonyl (C=O) groups is 1. The molecule has 3 aromatic rings. The van der Waals surface area contributed by atoms with Crippen LogP contribution in [0.3, 0.4) is 0 Å². The Morgan fingerprint density at radius 1 is 1.37 bits per heavy atom. The van der Waals surface area contributed by atoms with Gasteiger partial charge in [-0.2, -0.15) is 0 Å². The summed E-state index contributed by atoms with van der Waals surface area (Å²) in [7, 11) is 0. The van der Waals surface area contributed by atoms with Gasteiger partial charge in [0.25, 0.3) is 0 Å². The molecule has 4 rings (SSSR count). The standard InChI is InChI=1S/C18H23N7O2/c1-3-19-18(26)14-6-12(7-25(14)8-13-5-4-11(2)27-13)24-17-15-16(21-9-20-15)22-10-23-17/h4-5,9-10,12,14H,3,6-8H2,1-2H3,(H,19,26)(H2,20,21,22,23,24)/t12-,14-/m0/s1. The quantitative estimate of drug-likeness (QED) is 0.603. The smallest absolute Gasteiger partial charge is 0.237 e. The molecule has 27 heavy (non-hydrogen) atoms. The zero-order valence-corrected chi connectivity index (χ0v) is 15.4. The summed E-state index contributed by atoms with van der Waals surface area (Å²) in [5.74, 6) is 2.48. The molecule has 9 heteroatoms. The fourth-order valence-corrected chi connectivity index (χ4v) is 3.59. The molecule has 3 N–H and O–H groups in total. The minimum atomic E-state index is -0.216. The maximum Gasteiger partial charge on any atom is 0.237 e. The lowest BCUT2D eigenvalue weighted by Gasteiger charge is -2.22. The predicted octanol–water partition coefficient (Wildman–Crippen LogP) is 1.45. The molecule has 0 bridgehead atoms. The van der Waals surface area contributed by atoms with Gasteiger partial charge in [0.1, 0.15) is 23.4 Å². The number of furan rings is 1. The first-order chi connectivity index (χ1) is 13.1. The van der Waals surface area contributed by atoms with Crippen LogP contribution in [0.1, 0.15) is 24.9 Å². The summed E-state index contributed by atoms with van der Waals surface area (Å²) in [6.07, 6.45) is 3.78. The van der Waals surface area contributed by atoms with Crippen molar-refractivity contribution in [3.05, 3.63) is 36.3 Å². The van der Waals surface area contributed by atoms with Crippen molar-refractivity contribution in [2.24, 2.45) is 0 Å². The van der Waals surface area contributed by atoms with Crippen molar-refractivity contribution in [2.75, 3.05) is 18.4 Å². The first-order valence-corrected chi connectivity index (χ1v) is 9.11. The molecule has 0 aromatic carbocycles. The third kappa shape index (κ3) is 3.63. The van der Waals surface area contributed by atoms with Crippen molar-refractivity contribution >= 4 is 22.9 Å². The minimum absolute atomic E-state index is 0.0412. The summed E-state index contributed by atoms with van der Waals surface area (Å²) in [6.45, 7) is 5.77. The maximum absolute atomic E-state index is 12.6. The Morgan fingerprint density at radius 3 is 3.04 bits per heavy atom. The molecule has 0 spiro atoms. The molecule has 142 valence electrons. The number of anilines is 1. The van der Waals surface area contributed by atoms with Gasteiger partial charge in [-0.25, -0.2) is 15.0 Å². The van der Waals surface area contributed by atoms with Crippen LogP contribution in [0, 0.1) is 6.92 Å². The van der Waals surface area contributed by atoms with E-state index in [2.05, 4.69) is 35.5 Å². The number of nitrogens with one attached hydrogen (secondary N) is 3. The number of H-pyrrole nitrogens is 1. The molecule has 0 unspecified atom stereocenters. The fourth-order valence-electron chi connectivity index (χ4n) is 3.59.